The molecule has 60 valence electrons. The maximum Gasteiger partial charge on any atom is 0.0724 e. The summed E-state index contributed by atoms with van der Waals surface area (Å²) in [5.41, 5.74) is 0. The van der Waals surface area contributed by atoms with E-state index in [0.717, 1.165) is 5.30 Å². The van der Waals surface area contributed by atoms with Crippen molar-refractivity contribution in [3.05, 3.63) is 28.8 Å². The van der Waals surface area contributed by atoms with Gasteiger partial charge in [0, 0.05) is 5.30 Å². The summed E-state index contributed by atoms with van der Waals surface area (Å²) >= 11 is 0. The molecule has 0 fully saturated rings. The van der Waals surface area contributed by atoms with Gasteiger partial charge in [-0.25, -0.2) is 0 Å². The molecule has 0 aliphatic carbocycles. The Labute approximate surface area is 69.2 Å². The van der Waals surface area contributed by atoms with Crippen LogP contribution >= 0.6 is 8.19 Å². The quantitative estimate of drug-likeness (QED) is 0.719. The van der Waals surface area contributed by atoms with Crippen LogP contribution in [0, 0.1) is 0 Å². The minimum absolute atomic E-state index is 0.183. The number of rotatable bonds is 2. The Bertz CT molecular complexity index is 233. The highest BCUT2D eigenvalue weighted by molar-refractivity contribution is 7.31. The minimum atomic E-state index is 0.183. The second kappa shape index (κ2) is 3.85. The third-order valence-corrected chi connectivity index (χ3v) is 3.08. The Balaban J connectivity index is 2.91. The van der Waals surface area contributed by atoms with Gasteiger partial charge in [0.15, 0.2) is 0 Å². The van der Waals surface area contributed by atoms with Gasteiger partial charge in [0.2, 0.25) is 0 Å². The van der Waals surface area contributed by atoms with Crippen molar-refractivity contribution in [2.75, 3.05) is 0 Å². The molecular weight excluding hydrogens is 155 g/mol. The van der Waals surface area contributed by atoms with E-state index < -0.39 is 0 Å². The minimum Gasteiger partial charge on any atom is -0.391 e. The smallest absolute Gasteiger partial charge is 0.0724 e. The normalized spacial score (nSPS) is 11.3. The summed E-state index contributed by atoms with van der Waals surface area (Å²) in [6, 6.07) is 6.12. The number of hydrogen-bond donors (Lipinski definition) is 1. The van der Waals surface area contributed by atoms with E-state index in [1.54, 1.807) is 0 Å². The van der Waals surface area contributed by atoms with Gasteiger partial charge in [-0.05, 0) is 11.2 Å². The van der Waals surface area contributed by atoms with Crippen molar-refractivity contribution in [2.24, 2.45) is 0 Å². The van der Waals surface area contributed by atoms with Crippen molar-refractivity contribution < 1.29 is 5.11 Å². The molecule has 0 aliphatic rings. The average Bonchev–Trinajstić information content (AvgIpc) is 2.05. The van der Waals surface area contributed by atoms with E-state index in [1.807, 2.05) is 12.1 Å². The molecule has 0 saturated heterocycles. The van der Waals surface area contributed by atoms with Crippen molar-refractivity contribution >= 4 is 8.19 Å². The van der Waals surface area contributed by atoms with Gasteiger partial charge in [-0.2, -0.15) is 0 Å². The molecule has 2 heteroatoms. The summed E-state index contributed by atoms with van der Waals surface area (Å²) in [4.78, 5) is 0. The lowest BCUT2D eigenvalue weighted by atomic mass is 10.2. The molecule has 1 aromatic heterocycles. The van der Waals surface area contributed by atoms with E-state index in [-0.39, 0.29) is 6.61 Å². The van der Waals surface area contributed by atoms with Crippen LogP contribution in [0.2, 0.25) is 0 Å². The van der Waals surface area contributed by atoms with Crippen LogP contribution in [0.25, 0.3) is 0 Å². The van der Waals surface area contributed by atoms with Gasteiger partial charge in [0.1, 0.15) is 0 Å². The lowest BCUT2D eigenvalue weighted by Gasteiger charge is -2.04. The summed E-state index contributed by atoms with van der Waals surface area (Å²) in [7, 11) is 1.19. The summed E-state index contributed by atoms with van der Waals surface area (Å²) in [5.74, 6) is 0.586. The van der Waals surface area contributed by atoms with Crippen molar-refractivity contribution in [1.29, 1.82) is 0 Å². The molecule has 0 saturated carbocycles. The van der Waals surface area contributed by atoms with E-state index in [0.29, 0.717) is 5.92 Å². The number of aliphatic hydroxyl groups excluding tert-OH is 1. The van der Waals surface area contributed by atoms with Crippen molar-refractivity contribution in [2.45, 2.75) is 26.4 Å². The molecule has 1 nitrogen and oxygen atoms in total. The first-order valence-corrected chi connectivity index (χ1v) is 4.70. The fourth-order valence-corrected chi connectivity index (χ4v) is 1.89. The number of hydrogen-bond acceptors (Lipinski definition) is 1. The predicted molar refractivity (Wildman–Crippen MR) is 49.0 cm³/mol. The van der Waals surface area contributed by atoms with E-state index in [2.05, 4.69) is 19.9 Å². The van der Waals surface area contributed by atoms with Gasteiger partial charge in [-0.1, -0.05) is 40.2 Å². The van der Waals surface area contributed by atoms with E-state index in [4.69, 9.17) is 5.11 Å². The van der Waals surface area contributed by atoms with Crippen LogP contribution in [0.4, 0.5) is 0 Å². The maximum atomic E-state index is 8.87. The molecule has 0 aliphatic heterocycles. The highest BCUT2D eigenvalue weighted by atomic mass is 31.0. The molecule has 0 radical (unpaired) electrons. The fraction of sp³-hybridized carbons (Fsp3) is 0.444. The first-order valence-electron chi connectivity index (χ1n) is 3.80. The Kier molecular flexibility index (Phi) is 3.04. The van der Waals surface area contributed by atoms with Crippen LogP contribution in [0.5, 0.6) is 0 Å². The Morgan fingerprint density at radius 1 is 1.45 bits per heavy atom. The Hall–Kier alpha value is -0.390. The topological polar surface area (TPSA) is 20.2 Å². The molecule has 1 aromatic rings. The zero-order valence-electron chi connectivity index (χ0n) is 6.91. The second-order valence-electron chi connectivity index (χ2n) is 2.87. The van der Waals surface area contributed by atoms with Gasteiger partial charge in [-0.3, -0.25) is 0 Å². The molecule has 1 N–H and O–H groups in total. The highest BCUT2D eigenvalue weighted by Gasteiger charge is 1.99. The lowest BCUT2D eigenvalue weighted by Crippen LogP contribution is -1.84. The molecule has 0 bridgehead atoms. The van der Waals surface area contributed by atoms with Crippen LogP contribution in [0.15, 0.2) is 18.2 Å². The molecule has 0 unspecified atom stereocenters. The summed E-state index contributed by atoms with van der Waals surface area (Å²) in [6.07, 6.45) is 0. The van der Waals surface area contributed by atoms with Gasteiger partial charge in [0.25, 0.3) is 0 Å². The third-order valence-electron chi connectivity index (χ3n) is 1.58. The molecule has 11 heavy (non-hydrogen) atoms. The fourth-order valence-electron chi connectivity index (χ4n) is 0.908. The van der Waals surface area contributed by atoms with Crippen molar-refractivity contribution in [1.82, 2.24) is 0 Å². The monoisotopic (exact) mass is 168 g/mol. The van der Waals surface area contributed by atoms with Crippen LogP contribution in [0.3, 0.4) is 0 Å². The van der Waals surface area contributed by atoms with Crippen molar-refractivity contribution in [3.8, 4) is 0 Å². The Morgan fingerprint density at radius 3 is 2.73 bits per heavy atom. The molecule has 0 aromatic carbocycles. The average molecular weight is 168 g/mol. The van der Waals surface area contributed by atoms with Gasteiger partial charge >= 0.3 is 0 Å². The van der Waals surface area contributed by atoms with Crippen LogP contribution in [-0.2, 0) is 6.61 Å². The molecule has 1 rings (SSSR count). The van der Waals surface area contributed by atoms with Crippen molar-refractivity contribution in [3.63, 3.8) is 0 Å². The first-order chi connectivity index (χ1) is 5.24. The largest absolute Gasteiger partial charge is 0.391 e. The maximum absolute atomic E-state index is 8.87. The first kappa shape index (κ1) is 8.70. The Morgan fingerprint density at radius 2 is 2.18 bits per heavy atom. The van der Waals surface area contributed by atoms with Crippen LogP contribution in [0.1, 0.15) is 30.4 Å². The zero-order valence-corrected chi connectivity index (χ0v) is 7.81. The lowest BCUT2D eigenvalue weighted by molar-refractivity contribution is 0.285. The summed E-state index contributed by atoms with van der Waals surface area (Å²) in [5, 5.41) is 11.3. The van der Waals surface area contributed by atoms with Crippen LogP contribution < -0.4 is 0 Å². The molecule has 0 spiro atoms. The molecular formula is C9H13OP. The third kappa shape index (κ3) is 2.28. The standard InChI is InChI=1S/C9H13OP/c1-7(2)9-5-3-4-8(6-10)11-9/h3-5,7,10H,6H2,1-2H3. The van der Waals surface area contributed by atoms with Gasteiger partial charge in [-0.15, -0.1) is 0 Å². The summed E-state index contributed by atoms with van der Waals surface area (Å²) in [6.45, 7) is 4.53. The molecule has 0 atom stereocenters. The summed E-state index contributed by atoms with van der Waals surface area (Å²) < 4.78 is 0. The molecule has 1 heterocycles. The van der Waals surface area contributed by atoms with E-state index >= 15 is 0 Å². The van der Waals surface area contributed by atoms with Gasteiger partial charge in [0.05, 0.1) is 6.61 Å². The van der Waals surface area contributed by atoms with E-state index in [9.17, 15) is 0 Å². The highest BCUT2D eigenvalue weighted by Crippen LogP contribution is 2.26. The van der Waals surface area contributed by atoms with Crippen LogP contribution in [-0.4, -0.2) is 5.11 Å². The van der Waals surface area contributed by atoms with Gasteiger partial charge < -0.3 is 5.11 Å². The number of aliphatic hydroxyl groups is 1. The van der Waals surface area contributed by atoms with E-state index in [1.165, 1.54) is 13.5 Å². The zero-order chi connectivity index (χ0) is 8.27. The molecule has 0 amide bonds. The SMILES string of the molecule is CC(C)c1cccc(CO)p1. The second-order valence-corrected chi connectivity index (χ2v) is 4.18. The predicted octanol–water partition coefficient (Wildman–Crippen LogP) is 2.88.